The Kier molecular flexibility index (Phi) is 3.33. The number of aromatic nitrogens is 2. The number of carbonyl (C=O) groups is 1. The monoisotopic (exact) mass is 253 g/mol. The fourth-order valence-corrected chi connectivity index (χ4v) is 2.46. The van der Waals surface area contributed by atoms with Gasteiger partial charge in [0.15, 0.2) is 0 Å². The van der Waals surface area contributed by atoms with Crippen LogP contribution in [-0.2, 0) is 4.79 Å². The van der Waals surface area contributed by atoms with Crippen LogP contribution in [0.4, 0.5) is 5.95 Å². The number of hydrogen-bond donors (Lipinski definition) is 1. The third-order valence-corrected chi connectivity index (χ3v) is 3.50. The van der Waals surface area contributed by atoms with E-state index >= 15 is 0 Å². The zero-order valence-corrected chi connectivity index (χ0v) is 10.8. The minimum Gasteiger partial charge on any atom is -0.294 e. The van der Waals surface area contributed by atoms with Crippen molar-refractivity contribution >= 4 is 23.5 Å². The van der Waals surface area contributed by atoms with Gasteiger partial charge in [-0.05, 0) is 25.8 Å². The van der Waals surface area contributed by atoms with E-state index in [0.717, 1.165) is 31.4 Å². The van der Waals surface area contributed by atoms with Crippen LogP contribution in [0.3, 0.4) is 0 Å². The Bertz CT molecular complexity index is 421. The summed E-state index contributed by atoms with van der Waals surface area (Å²) in [5, 5.41) is 3.11. The van der Waals surface area contributed by atoms with Crippen LogP contribution in [0, 0.1) is 12.3 Å². The third kappa shape index (κ3) is 2.75. The summed E-state index contributed by atoms with van der Waals surface area (Å²) in [5.41, 5.74) is 0.469. The maximum Gasteiger partial charge on any atom is 0.232 e. The van der Waals surface area contributed by atoms with Gasteiger partial charge in [-0.1, -0.05) is 31.4 Å². The molecule has 4 nitrogen and oxygen atoms in total. The highest BCUT2D eigenvalue weighted by Gasteiger charge is 2.36. The van der Waals surface area contributed by atoms with Gasteiger partial charge in [-0.25, -0.2) is 9.97 Å². The number of amides is 1. The molecule has 1 aliphatic carbocycles. The van der Waals surface area contributed by atoms with Gasteiger partial charge in [0, 0.05) is 11.1 Å². The number of halogens is 1. The molecule has 1 aliphatic rings. The second-order valence-electron chi connectivity index (χ2n) is 4.88. The Morgan fingerprint density at radius 3 is 2.65 bits per heavy atom. The largest absolute Gasteiger partial charge is 0.294 e. The third-order valence-electron chi connectivity index (χ3n) is 3.30. The SMILES string of the molecule is Cc1cc(Cl)nc(NC(=O)C2(C)CCCC2)n1. The van der Waals surface area contributed by atoms with Crippen LogP contribution < -0.4 is 5.32 Å². The van der Waals surface area contributed by atoms with E-state index in [1.165, 1.54) is 0 Å². The number of aryl methyl sites for hydroxylation is 1. The minimum atomic E-state index is -0.278. The standard InChI is InChI=1S/C12H16ClN3O/c1-8-7-9(13)15-11(14-8)16-10(17)12(2)5-3-4-6-12/h7H,3-6H2,1-2H3,(H,14,15,16,17). The van der Waals surface area contributed by atoms with E-state index in [1.54, 1.807) is 6.07 Å². The van der Waals surface area contributed by atoms with E-state index in [1.807, 2.05) is 13.8 Å². The number of carbonyl (C=O) groups excluding carboxylic acids is 1. The van der Waals surface area contributed by atoms with Crippen LogP contribution in [0.15, 0.2) is 6.07 Å². The number of rotatable bonds is 2. The molecule has 1 heterocycles. The van der Waals surface area contributed by atoms with Crippen LogP contribution in [-0.4, -0.2) is 15.9 Å². The Hall–Kier alpha value is -1.16. The van der Waals surface area contributed by atoms with Crippen LogP contribution >= 0.6 is 11.6 Å². The number of anilines is 1. The van der Waals surface area contributed by atoms with Crippen molar-refractivity contribution in [2.24, 2.45) is 5.41 Å². The summed E-state index contributed by atoms with van der Waals surface area (Å²) in [4.78, 5) is 20.3. The smallest absolute Gasteiger partial charge is 0.232 e. The van der Waals surface area contributed by atoms with Crippen molar-refractivity contribution in [3.63, 3.8) is 0 Å². The molecule has 1 aromatic rings. The fourth-order valence-electron chi connectivity index (χ4n) is 2.22. The summed E-state index contributed by atoms with van der Waals surface area (Å²) in [6.07, 6.45) is 4.08. The first-order valence-corrected chi connectivity index (χ1v) is 6.20. The van der Waals surface area contributed by atoms with Crippen molar-refractivity contribution in [1.29, 1.82) is 0 Å². The Balaban J connectivity index is 2.12. The number of nitrogens with zero attached hydrogens (tertiary/aromatic N) is 2. The molecule has 92 valence electrons. The lowest BCUT2D eigenvalue weighted by atomic mass is 9.88. The van der Waals surface area contributed by atoms with Crippen molar-refractivity contribution in [1.82, 2.24) is 9.97 Å². The first kappa shape index (κ1) is 12.3. The average Bonchev–Trinajstić information content (AvgIpc) is 2.64. The van der Waals surface area contributed by atoms with E-state index in [9.17, 15) is 4.79 Å². The molecule has 0 aromatic carbocycles. The second kappa shape index (κ2) is 4.61. The van der Waals surface area contributed by atoms with Crippen LogP contribution in [0.25, 0.3) is 0 Å². The lowest BCUT2D eigenvalue weighted by Crippen LogP contribution is -2.31. The van der Waals surface area contributed by atoms with Crippen molar-refractivity contribution in [3.8, 4) is 0 Å². The first-order chi connectivity index (χ1) is 7.99. The molecule has 0 spiro atoms. The molecule has 0 atom stereocenters. The molecule has 0 radical (unpaired) electrons. The normalized spacial score (nSPS) is 18.1. The van der Waals surface area contributed by atoms with Gasteiger partial charge in [0.05, 0.1) is 0 Å². The van der Waals surface area contributed by atoms with Gasteiger partial charge < -0.3 is 0 Å². The van der Waals surface area contributed by atoms with Gasteiger partial charge in [0.25, 0.3) is 0 Å². The Morgan fingerprint density at radius 2 is 2.06 bits per heavy atom. The lowest BCUT2D eigenvalue weighted by molar-refractivity contribution is -0.124. The van der Waals surface area contributed by atoms with Gasteiger partial charge in [-0.3, -0.25) is 10.1 Å². The molecular formula is C12H16ClN3O. The number of hydrogen-bond acceptors (Lipinski definition) is 3. The average molecular weight is 254 g/mol. The van der Waals surface area contributed by atoms with E-state index in [2.05, 4.69) is 15.3 Å². The van der Waals surface area contributed by atoms with E-state index in [0.29, 0.717) is 11.1 Å². The van der Waals surface area contributed by atoms with E-state index in [4.69, 9.17) is 11.6 Å². The predicted octanol–water partition coefficient (Wildman–Crippen LogP) is 2.96. The summed E-state index contributed by atoms with van der Waals surface area (Å²) in [6, 6.07) is 1.66. The molecule has 1 amide bonds. The highest BCUT2D eigenvalue weighted by Crippen LogP contribution is 2.38. The highest BCUT2D eigenvalue weighted by molar-refractivity contribution is 6.29. The van der Waals surface area contributed by atoms with Crippen LogP contribution in [0.2, 0.25) is 5.15 Å². The summed E-state index contributed by atoms with van der Waals surface area (Å²) in [7, 11) is 0. The summed E-state index contributed by atoms with van der Waals surface area (Å²) in [6.45, 7) is 3.81. The summed E-state index contributed by atoms with van der Waals surface area (Å²) < 4.78 is 0. The molecule has 1 N–H and O–H groups in total. The van der Waals surface area contributed by atoms with Gasteiger partial charge in [0.2, 0.25) is 11.9 Å². The molecule has 0 unspecified atom stereocenters. The molecule has 1 saturated carbocycles. The molecule has 0 aliphatic heterocycles. The van der Waals surface area contributed by atoms with Gasteiger partial charge in [0.1, 0.15) is 5.15 Å². The maximum atomic E-state index is 12.1. The van der Waals surface area contributed by atoms with Crippen molar-refractivity contribution in [3.05, 3.63) is 16.9 Å². The zero-order valence-electron chi connectivity index (χ0n) is 10.1. The van der Waals surface area contributed by atoms with Crippen molar-refractivity contribution in [2.45, 2.75) is 39.5 Å². The van der Waals surface area contributed by atoms with Crippen LogP contribution in [0.5, 0.6) is 0 Å². The van der Waals surface area contributed by atoms with Crippen molar-refractivity contribution in [2.75, 3.05) is 5.32 Å². The van der Waals surface area contributed by atoms with Gasteiger partial charge in [-0.2, -0.15) is 0 Å². The lowest BCUT2D eigenvalue weighted by Gasteiger charge is -2.21. The highest BCUT2D eigenvalue weighted by atomic mass is 35.5. The Labute approximate surface area is 106 Å². The minimum absolute atomic E-state index is 0.00309. The molecule has 2 rings (SSSR count). The number of nitrogens with one attached hydrogen (secondary N) is 1. The second-order valence-corrected chi connectivity index (χ2v) is 5.26. The molecule has 0 bridgehead atoms. The molecule has 1 fully saturated rings. The molecule has 0 saturated heterocycles. The van der Waals surface area contributed by atoms with E-state index in [-0.39, 0.29) is 11.3 Å². The van der Waals surface area contributed by atoms with E-state index < -0.39 is 0 Å². The quantitative estimate of drug-likeness (QED) is 0.825. The molecular weight excluding hydrogens is 238 g/mol. The Morgan fingerprint density at radius 1 is 1.41 bits per heavy atom. The van der Waals surface area contributed by atoms with Crippen molar-refractivity contribution < 1.29 is 4.79 Å². The molecule has 1 aromatic heterocycles. The van der Waals surface area contributed by atoms with Gasteiger partial charge >= 0.3 is 0 Å². The van der Waals surface area contributed by atoms with Gasteiger partial charge in [-0.15, -0.1) is 0 Å². The fraction of sp³-hybridized carbons (Fsp3) is 0.583. The maximum absolute atomic E-state index is 12.1. The topological polar surface area (TPSA) is 54.9 Å². The summed E-state index contributed by atoms with van der Waals surface area (Å²) >= 11 is 5.83. The first-order valence-electron chi connectivity index (χ1n) is 5.82. The summed E-state index contributed by atoms with van der Waals surface area (Å²) in [5.74, 6) is 0.296. The predicted molar refractivity (Wildman–Crippen MR) is 67.0 cm³/mol. The molecule has 17 heavy (non-hydrogen) atoms. The van der Waals surface area contributed by atoms with Crippen LogP contribution in [0.1, 0.15) is 38.3 Å². The molecule has 5 heteroatoms. The zero-order chi connectivity index (χ0) is 12.5.